The Morgan fingerprint density at radius 2 is 2.05 bits per heavy atom. The molecule has 5 heteroatoms. The van der Waals surface area contributed by atoms with Crippen molar-refractivity contribution in [2.24, 2.45) is 0 Å². The fourth-order valence-electron chi connectivity index (χ4n) is 1.60. The first-order valence-electron chi connectivity index (χ1n) is 6.30. The Bertz CT molecular complexity index is 592. The summed E-state index contributed by atoms with van der Waals surface area (Å²) in [6, 6.07) is 7.24. The van der Waals surface area contributed by atoms with Crippen molar-refractivity contribution in [1.29, 1.82) is 0 Å². The largest absolute Gasteiger partial charge is 0.444 e. The third-order valence-electron chi connectivity index (χ3n) is 2.36. The van der Waals surface area contributed by atoms with Gasteiger partial charge in [0.1, 0.15) is 5.60 Å². The van der Waals surface area contributed by atoms with E-state index in [0.29, 0.717) is 5.69 Å². The number of anilines is 1. The zero-order valence-electron chi connectivity index (χ0n) is 11.8. The van der Waals surface area contributed by atoms with Gasteiger partial charge in [-0.25, -0.2) is 4.79 Å². The zero-order chi connectivity index (χ0) is 14.6. The fourth-order valence-corrected chi connectivity index (χ4v) is 1.60. The van der Waals surface area contributed by atoms with E-state index >= 15 is 0 Å². The highest BCUT2D eigenvalue weighted by atomic mass is 16.6. The van der Waals surface area contributed by atoms with E-state index < -0.39 is 11.7 Å². The number of hydrogen-bond acceptors (Lipinski definition) is 4. The highest BCUT2D eigenvalue weighted by molar-refractivity contribution is 5.85. The molecule has 0 saturated heterocycles. The lowest BCUT2D eigenvalue weighted by Crippen LogP contribution is -2.27. The molecule has 0 unspecified atom stereocenters. The van der Waals surface area contributed by atoms with Crippen LogP contribution in [0.2, 0.25) is 0 Å². The van der Waals surface area contributed by atoms with Crippen LogP contribution >= 0.6 is 0 Å². The second-order valence-electron chi connectivity index (χ2n) is 5.30. The van der Waals surface area contributed by atoms with Gasteiger partial charge in [0.2, 0.25) is 0 Å². The Kier molecular flexibility index (Phi) is 3.98. The van der Waals surface area contributed by atoms with E-state index in [4.69, 9.17) is 4.74 Å². The Balaban J connectivity index is 2.13. The van der Waals surface area contributed by atoms with Crippen LogP contribution in [0.25, 0.3) is 11.3 Å². The molecule has 0 spiro atoms. The van der Waals surface area contributed by atoms with Crippen LogP contribution in [0.4, 0.5) is 10.5 Å². The Morgan fingerprint density at radius 3 is 2.70 bits per heavy atom. The average Bonchev–Trinajstić information content (AvgIpc) is 2.38. The van der Waals surface area contributed by atoms with Crippen molar-refractivity contribution in [3.63, 3.8) is 0 Å². The molecule has 5 nitrogen and oxygen atoms in total. The van der Waals surface area contributed by atoms with Gasteiger partial charge in [0, 0.05) is 29.8 Å². The van der Waals surface area contributed by atoms with Gasteiger partial charge < -0.3 is 4.74 Å². The maximum absolute atomic E-state index is 11.7. The highest BCUT2D eigenvalue weighted by Crippen LogP contribution is 2.19. The van der Waals surface area contributed by atoms with Crippen molar-refractivity contribution in [2.75, 3.05) is 5.32 Å². The van der Waals surface area contributed by atoms with Gasteiger partial charge in [-0.05, 0) is 45.0 Å². The average molecular weight is 271 g/mol. The number of pyridine rings is 2. The molecule has 0 aliphatic rings. The summed E-state index contributed by atoms with van der Waals surface area (Å²) in [5.41, 5.74) is 1.74. The van der Waals surface area contributed by atoms with Crippen LogP contribution in [0, 0.1) is 0 Å². The van der Waals surface area contributed by atoms with Gasteiger partial charge in [-0.3, -0.25) is 15.3 Å². The van der Waals surface area contributed by atoms with Gasteiger partial charge in [-0.15, -0.1) is 0 Å². The van der Waals surface area contributed by atoms with E-state index in [2.05, 4.69) is 15.3 Å². The number of carbonyl (C=O) groups is 1. The van der Waals surface area contributed by atoms with Crippen LogP contribution in [0.3, 0.4) is 0 Å². The minimum absolute atomic E-state index is 0.485. The van der Waals surface area contributed by atoms with E-state index in [0.717, 1.165) is 11.3 Å². The number of hydrogen-bond donors (Lipinski definition) is 1. The summed E-state index contributed by atoms with van der Waals surface area (Å²) in [6.07, 6.45) is 4.57. The van der Waals surface area contributed by atoms with Crippen LogP contribution in [0.15, 0.2) is 42.9 Å². The van der Waals surface area contributed by atoms with Crippen molar-refractivity contribution in [3.05, 3.63) is 42.9 Å². The minimum atomic E-state index is -0.525. The molecule has 2 rings (SSSR count). The zero-order valence-corrected chi connectivity index (χ0v) is 11.8. The maximum atomic E-state index is 11.7. The number of amides is 1. The molecule has 104 valence electrons. The molecule has 20 heavy (non-hydrogen) atoms. The molecule has 2 heterocycles. The van der Waals surface area contributed by atoms with Gasteiger partial charge in [0.25, 0.3) is 0 Å². The van der Waals surface area contributed by atoms with E-state index in [-0.39, 0.29) is 0 Å². The first kappa shape index (κ1) is 14.0. The topological polar surface area (TPSA) is 64.1 Å². The number of ether oxygens (including phenoxy) is 1. The molecule has 2 aromatic heterocycles. The number of carbonyl (C=O) groups excluding carboxylic acids is 1. The lowest BCUT2D eigenvalue weighted by atomic mass is 10.2. The van der Waals surface area contributed by atoms with Gasteiger partial charge in [0.05, 0.1) is 5.69 Å². The summed E-state index contributed by atoms with van der Waals surface area (Å²) in [5, 5.41) is 2.69. The van der Waals surface area contributed by atoms with E-state index in [9.17, 15) is 4.79 Å². The van der Waals surface area contributed by atoms with Crippen molar-refractivity contribution in [1.82, 2.24) is 9.97 Å². The van der Waals surface area contributed by atoms with Crippen LogP contribution in [0.1, 0.15) is 20.8 Å². The van der Waals surface area contributed by atoms with E-state index in [1.807, 2.05) is 32.9 Å². The van der Waals surface area contributed by atoms with Crippen molar-refractivity contribution < 1.29 is 9.53 Å². The number of nitrogens with zero attached hydrogens (tertiary/aromatic N) is 2. The molecule has 0 fully saturated rings. The molecule has 0 aliphatic carbocycles. The fraction of sp³-hybridized carbons (Fsp3) is 0.267. The van der Waals surface area contributed by atoms with Crippen molar-refractivity contribution >= 4 is 11.8 Å². The number of rotatable bonds is 2. The van der Waals surface area contributed by atoms with Crippen LogP contribution < -0.4 is 5.32 Å². The van der Waals surface area contributed by atoms with Crippen LogP contribution in [-0.4, -0.2) is 21.7 Å². The maximum Gasteiger partial charge on any atom is 0.412 e. The molecule has 0 radical (unpaired) electrons. The molecular weight excluding hydrogens is 254 g/mol. The third-order valence-corrected chi connectivity index (χ3v) is 2.36. The van der Waals surface area contributed by atoms with E-state index in [1.54, 1.807) is 30.7 Å². The summed E-state index contributed by atoms with van der Waals surface area (Å²) >= 11 is 0. The monoisotopic (exact) mass is 271 g/mol. The Morgan fingerprint density at radius 1 is 1.25 bits per heavy atom. The van der Waals surface area contributed by atoms with Gasteiger partial charge in [0.15, 0.2) is 0 Å². The van der Waals surface area contributed by atoms with Gasteiger partial charge in [-0.2, -0.15) is 0 Å². The molecule has 0 saturated carbocycles. The van der Waals surface area contributed by atoms with Gasteiger partial charge >= 0.3 is 6.09 Å². The smallest absolute Gasteiger partial charge is 0.412 e. The van der Waals surface area contributed by atoms with E-state index in [1.165, 1.54) is 0 Å². The standard InChI is InChI=1S/C15H17N3O2/c1-15(2,3)20-14(19)18-12-6-8-17-13(9-12)11-5-4-7-16-10-11/h4-10H,1-3H3,(H,17,18,19). The molecule has 2 aromatic rings. The van der Waals surface area contributed by atoms with Crippen molar-refractivity contribution in [2.45, 2.75) is 26.4 Å². The summed E-state index contributed by atoms with van der Waals surface area (Å²) < 4.78 is 5.20. The Labute approximate surface area is 118 Å². The Hall–Kier alpha value is -2.43. The molecular formula is C15H17N3O2. The van der Waals surface area contributed by atoms with Crippen molar-refractivity contribution in [3.8, 4) is 11.3 Å². The number of aromatic nitrogens is 2. The first-order chi connectivity index (χ1) is 9.44. The first-order valence-corrected chi connectivity index (χ1v) is 6.30. The summed E-state index contributed by atoms with van der Waals surface area (Å²) in [4.78, 5) is 20.0. The quantitative estimate of drug-likeness (QED) is 0.908. The summed E-state index contributed by atoms with van der Waals surface area (Å²) in [6.45, 7) is 5.46. The lowest BCUT2D eigenvalue weighted by Gasteiger charge is -2.19. The lowest BCUT2D eigenvalue weighted by molar-refractivity contribution is 0.0636. The summed E-state index contributed by atoms with van der Waals surface area (Å²) in [7, 11) is 0. The molecule has 1 N–H and O–H groups in total. The van der Waals surface area contributed by atoms with Crippen LogP contribution in [-0.2, 0) is 4.74 Å². The SMILES string of the molecule is CC(C)(C)OC(=O)Nc1ccnc(-c2cccnc2)c1. The normalized spacial score (nSPS) is 10.9. The molecule has 0 atom stereocenters. The predicted octanol–water partition coefficient (Wildman–Crippen LogP) is 3.49. The second-order valence-corrected chi connectivity index (χ2v) is 5.30. The molecule has 1 amide bonds. The molecule has 0 bridgehead atoms. The molecule has 0 aliphatic heterocycles. The highest BCUT2D eigenvalue weighted by Gasteiger charge is 2.16. The summed E-state index contributed by atoms with van der Waals surface area (Å²) in [5.74, 6) is 0. The predicted molar refractivity (Wildman–Crippen MR) is 77.3 cm³/mol. The molecule has 0 aromatic carbocycles. The third kappa shape index (κ3) is 4.05. The van der Waals surface area contributed by atoms with Gasteiger partial charge in [-0.1, -0.05) is 0 Å². The second kappa shape index (κ2) is 5.69. The number of nitrogens with one attached hydrogen (secondary N) is 1. The van der Waals surface area contributed by atoms with Crippen LogP contribution in [0.5, 0.6) is 0 Å². The minimum Gasteiger partial charge on any atom is -0.444 e.